The number of halogens is 2. The Morgan fingerprint density at radius 3 is 2.93 bits per heavy atom. The van der Waals surface area contributed by atoms with Crippen molar-refractivity contribution >= 4 is 27.5 Å². The topological polar surface area (TPSA) is 38.9 Å². The van der Waals surface area contributed by atoms with E-state index in [9.17, 15) is 0 Å². The SMILES string of the molecule is Cc1cccc(-c2nc(CBr)no2)c1Cl. The molecular weight excluding hydrogens is 279 g/mol. The van der Waals surface area contributed by atoms with Crippen LogP contribution in [0, 0.1) is 6.92 Å². The smallest absolute Gasteiger partial charge is 0.259 e. The molecule has 15 heavy (non-hydrogen) atoms. The normalized spacial score (nSPS) is 10.6. The Morgan fingerprint density at radius 2 is 2.27 bits per heavy atom. The van der Waals surface area contributed by atoms with Crippen LogP contribution in [0.2, 0.25) is 5.02 Å². The molecule has 2 aromatic rings. The first-order valence-electron chi connectivity index (χ1n) is 4.36. The maximum absolute atomic E-state index is 6.14. The zero-order valence-electron chi connectivity index (χ0n) is 8.00. The summed E-state index contributed by atoms with van der Waals surface area (Å²) in [4.78, 5) is 4.19. The molecule has 0 aliphatic heterocycles. The molecule has 0 saturated heterocycles. The summed E-state index contributed by atoms with van der Waals surface area (Å²) < 4.78 is 5.10. The van der Waals surface area contributed by atoms with Crippen LogP contribution in [0.1, 0.15) is 11.4 Å². The quantitative estimate of drug-likeness (QED) is 0.792. The fourth-order valence-electron chi connectivity index (χ4n) is 1.23. The molecule has 0 radical (unpaired) electrons. The summed E-state index contributed by atoms with van der Waals surface area (Å²) in [5.41, 5.74) is 1.77. The van der Waals surface area contributed by atoms with Gasteiger partial charge in [-0.3, -0.25) is 0 Å². The van der Waals surface area contributed by atoms with Crippen LogP contribution in [0.3, 0.4) is 0 Å². The average molecular weight is 288 g/mol. The number of rotatable bonds is 2. The van der Waals surface area contributed by atoms with Crippen LogP contribution in [-0.2, 0) is 5.33 Å². The highest BCUT2D eigenvalue weighted by atomic mass is 79.9. The van der Waals surface area contributed by atoms with Gasteiger partial charge in [0.05, 0.1) is 15.9 Å². The first-order chi connectivity index (χ1) is 7.22. The van der Waals surface area contributed by atoms with E-state index in [1.54, 1.807) is 0 Å². The molecule has 5 heteroatoms. The van der Waals surface area contributed by atoms with E-state index >= 15 is 0 Å². The fraction of sp³-hybridized carbons (Fsp3) is 0.200. The molecular formula is C10H8BrClN2O. The summed E-state index contributed by atoms with van der Waals surface area (Å²) in [5, 5.41) is 5.01. The first kappa shape index (κ1) is 10.6. The third-order valence-corrected chi connectivity index (χ3v) is 3.01. The van der Waals surface area contributed by atoms with E-state index in [0.717, 1.165) is 11.1 Å². The van der Waals surface area contributed by atoms with E-state index in [1.165, 1.54) is 0 Å². The van der Waals surface area contributed by atoms with Gasteiger partial charge < -0.3 is 4.52 Å². The van der Waals surface area contributed by atoms with Crippen LogP contribution in [0.4, 0.5) is 0 Å². The molecule has 1 heterocycles. The van der Waals surface area contributed by atoms with Gasteiger partial charge in [-0.15, -0.1) is 0 Å². The Balaban J connectivity index is 2.49. The number of alkyl halides is 1. The zero-order chi connectivity index (χ0) is 10.8. The largest absolute Gasteiger partial charge is 0.334 e. The van der Waals surface area contributed by atoms with E-state index < -0.39 is 0 Å². The number of aryl methyl sites for hydroxylation is 1. The van der Waals surface area contributed by atoms with E-state index in [2.05, 4.69) is 26.1 Å². The molecule has 2 rings (SSSR count). The van der Waals surface area contributed by atoms with Gasteiger partial charge in [-0.2, -0.15) is 4.98 Å². The van der Waals surface area contributed by atoms with E-state index in [0.29, 0.717) is 22.1 Å². The number of nitrogens with zero attached hydrogens (tertiary/aromatic N) is 2. The summed E-state index contributed by atoms with van der Waals surface area (Å²) >= 11 is 9.40. The predicted octanol–water partition coefficient (Wildman–Crippen LogP) is 3.59. The molecule has 0 atom stereocenters. The highest BCUT2D eigenvalue weighted by molar-refractivity contribution is 9.08. The van der Waals surface area contributed by atoms with Crippen molar-refractivity contribution in [1.82, 2.24) is 10.1 Å². The summed E-state index contributed by atoms with van der Waals surface area (Å²) in [6.07, 6.45) is 0. The molecule has 0 aliphatic rings. The van der Waals surface area contributed by atoms with Crippen molar-refractivity contribution in [3.63, 3.8) is 0 Å². The highest BCUT2D eigenvalue weighted by Gasteiger charge is 2.12. The minimum Gasteiger partial charge on any atom is -0.334 e. The van der Waals surface area contributed by atoms with E-state index in [1.807, 2.05) is 25.1 Å². The fourth-order valence-corrected chi connectivity index (χ4v) is 1.66. The van der Waals surface area contributed by atoms with Crippen LogP contribution in [-0.4, -0.2) is 10.1 Å². The lowest BCUT2D eigenvalue weighted by Gasteiger charge is -2.00. The Morgan fingerprint density at radius 1 is 1.47 bits per heavy atom. The van der Waals surface area contributed by atoms with Gasteiger partial charge in [0, 0.05) is 0 Å². The van der Waals surface area contributed by atoms with Crippen LogP contribution < -0.4 is 0 Å². The maximum Gasteiger partial charge on any atom is 0.259 e. The molecule has 0 unspecified atom stereocenters. The molecule has 1 aromatic carbocycles. The Bertz CT molecular complexity index is 484. The number of hydrogen-bond acceptors (Lipinski definition) is 3. The van der Waals surface area contributed by atoms with Crippen molar-refractivity contribution in [3.05, 3.63) is 34.6 Å². The lowest BCUT2D eigenvalue weighted by Crippen LogP contribution is -1.84. The van der Waals surface area contributed by atoms with Crippen molar-refractivity contribution in [2.45, 2.75) is 12.3 Å². The standard InChI is InChI=1S/C10H8BrClN2O/c1-6-3-2-4-7(9(6)12)10-13-8(5-11)14-15-10/h2-4H,5H2,1H3. The Hall–Kier alpha value is -0.870. The molecule has 78 valence electrons. The first-order valence-corrected chi connectivity index (χ1v) is 5.86. The maximum atomic E-state index is 6.14. The highest BCUT2D eigenvalue weighted by Crippen LogP contribution is 2.29. The van der Waals surface area contributed by atoms with Crippen molar-refractivity contribution in [2.24, 2.45) is 0 Å². The van der Waals surface area contributed by atoms with Gasteiger partial charge in [-0.1, -0.05) is 44.8 Å². The summed E-state index contributed by atoms with van der Waals surface area (Å²) in [6, 6.07) is 5.71. The van der Waals surface area contributed by atoms with Gasteiger partial charge >= 0.3 is 0 Å². The molecule has 0 N–H and O–H groups in total. The molecule has 0 aliphatic carbocycles. The van der Waals surface area contributed by atoms with Gasteiger partial charge in [-0.05, 0) is 18.6 Å². The second-order valence-corrected chi connectivity index (χ2v) is 4.02. The van der Waals surface area contributed by atoms with Crippen LogP contribution in [0.25, 0.3) is 11.5 Å². The van der Waals surface area contributed by atoms with E-state index in [4.69, 9.17) is 16.1 Å². The van der Waals surface area contributed by atoms with Crippen LogP contribution >= 0.6 is 27.5 Å². The molecule has 0 amide bonds. The van der Waals surface area contributed by atoms with Gasteiger partial charge in [0.15, 0.2) is 5.82 Å². The number of aromatic nitrogens is 2. The second kappa shape index (κ2) is 4.33. The summed E-state index contributed by atoms with van der Waals surface area (Å²) in [7, 11) is 0. The number of benzene rings is 1. The van der Waals surface area contributed by atoms with E-state index in [-0.39, 0.29) is 0 Å². The third kappa shape index (κ3) is 2.06. The van der Waals surface area contributed by atoms with Crippen molar-refractivity contribution in [1.29, 1.82) is 0 Å². The summed E-state index contributed by atoms with van der Waals surface area (Å²) in [6.45, 7) is 1.94. The Labute approximate surface area is 101 Å². The number of hydrogen-bond donors (Lipinski definition) is 0. The zero-order valence-corrected chi connectivity index (χ0v) is 10.3. The Kier molecular flexibility index (Phi) is 3.07. The lowest BCUT2D eigenvalue weighted by molar-refractivity contribution is 0.425. The van der Waals surface area contributed by atoms with Crippen LogP contribution in [0.15, 0.2) is 22.7 Å². The second-order valence-electron chi connectivity index (χ2n) is 3.09. The van der Waals surface area contributed by atoms with Gasteiger partial charge in [0.25, 0.3) is 5.89 Å². The van der Waals surface area contributed by atoms with Gasteiger partial charge in [0.1, 0.15) is 0 Å². The average Bonchev–Trinajstić information content (AvgIpc) is 2.70. The summed E-state index contributed by atoms with van der Waals surface area (Å²) in [5.74, 6) is 1.07. The molecule has 3 nitrogen and oxygen atoms in total. The van der Waals surface area contributed by atoms with Gasteiger partial charge in [-0.25, -0.2) is 0 Å². The van der Waals surface area contributed by atoms with Crippen molar-refractivity contribution < 1.29 is 4.52 Å². The van der Waals surface area contributed by atoms with Gasteiger partial charge in [0.2, 0.25) is 0 Å². The minimum absolute atomic E-state index is 0.457. The monoisotopic (exact) mass is 286 g/mol. The lowest BCUT2D eigenvalue weighted by atomic mass is 10.1. The predicted molar refractivity (Wildman–Crippen MR) is 62.1 cm³/mol. The molecule has 0 saturated carbocycles. The molecule has 0 fully saturated rings. The molecule has 0 bridgehead atoms. The minimum atomic E-state index is 0.457. The molecule has 0 spiro atoms. The van der Waals surface area contributed by atoms with Crippen molar-refractivity contribution in [2.75, 3.05) is 0 Å². The molecule has 1 aromatic heterocycles. The third-order valence-electron chi connectivity index (χ3n) is 2.01. The van der Waals surface area contributed by atoms with Crippen molar-refractivity contribution in [3.8, 4) is 11.5 Å². The van der Waals surface area contributed by atoms with Crippen LogP contribution in [0.5, 0.6) is 0 Å².